The number of nitrogens with zero attached hydrogens (tertiary/aromatic N) is 1. The summed E-state index contributed by atoms with van der Waals surface area (Å²) < 4.78 is 31.2. The van der Waals surface area contributed by atoms with Crippen molar-refractivity contribution in [1.29, 1.82) is 0 Å². The molecule has 1 aromatic carbocycles. The van der Waals surface area contributed by atoms with E-state index in [1.165, 1.54) is 4.31 Å². The molecular formula is C14H15NO5S. The Hall–Kier alpha value is -1.73. The standard InChI is InChI=1S/C14H15NO5S/c1-9-4-2-3-5-12(9)21(18,19)15-7-6-10-11(8-15)14(17)20-13(10)16/h2-5,10-11H,6-8H2,1H3. The number of piperidine rings is 1. The third-order valence-corrected chi connectivity index (χ3v) is 6.12. The Morgan fingerprint density at radius 1 is 1.14 bits per heavy atom. The van der Waals surface area contributed by atoms with Crippen molar-refractivity contribution in [1.82, 2.24) is 4.31 Å². The Balaban J connectivity index is 1.90. The molecule has 2 heterocycles. The van der Waals surface area contributed by atoms with Crippen LogP contribution in [-0.4, -0.2) is 37.8 Å². The quantitative estimate of drug-likeness (QED) is 0.593. The van der Waals surface area contributed by atoms with E-state index in [0.717, 1.165) is 0 Å². The highest BCUT2D eigenvalue weighted by Crippen LogP contribution is 2.34. The average molecular weight is 309 g/mol. The second-order valence-corrected chi connectivity index (χ2v) is 7.28. The molecule has 21 heavy (non-hydrogen) atoms. The van der Waals surface area contributed by atoms with Crippen molar-refractivity contribution in [3.05, 3.63) is 29.8 Å². The van der Waals surface area contributed by atoms with Crippen LogP contribution in [0.5, 0.6) is 0 Å². The SMILES string of the molecule is Cc1ccccc1S(=O)(=O)N1CCC2C(=O)OC(=O)C2C1. The van der Waals surface area contributed by atoms with Crippen molar-refractivity contribution in [3.63, 3.8) is 0 Å². The average Bonchev–Trinajstić information content (AvgIpc) is 2.74. The van der Waals surface area contributed by atoms with Gasteiger partial charge in [-0.3, -0.25) is 9.59 Å². The van der Waals surface area contributed by atoms with Gasteiger partial charge in [-0.15, -0.1) is 0 Å². The van der Waals surface area contributed by atoms with Gasteiger partial charge >= 0.3 is 11.9 Å². The summed E-state index contributed by atoms with van der Waals surface area (Å²) in [6, 6.07) is 6.72. The highest BCUT2D eigenvalue weighted by molar-refractivity contribution is 7.89. The number of fused-ring (bicyclic) bond motifs is 1. The minimum atomic E-state index is -3.66. The molecule has 0 bridgehead atoms. The molecular weight excluding hydrogens is 294 g/mol. The first-order chi connectivity index (χ1) is 9.91. The predicted octanol–water partition coefficient (Wildman–Crippen LogP) is 0.705. The van der Waals surface area contributed by atoms with Gasteiger partial charge in [-0.05, 0) is 25.0 Å². The van der Waals surface area contributed by atoms with Gasteiger partial charge in [0.05, 0.1) is 16.7 Å². The van der Waals surface area contributed by atoms with Gasteiger partial charge in [0.2, 0.25) is 10.0 Å². The number of benzene rings is 1. The van der Waals surface area contributed by atoms with E-state index in [9.17, 15) is 18.0 Å². The van der Waals surface area contributed by atoms with Gasteiger partial charge < -0.3 is 4.74 Å². The Labute approximate surface area is 122 Å². The minimum Gasteiger partial charge on any atom is -0.393 e. The lowest BCUT2D eigenvalue weighted by atomic mass is 9.89. The van der Waals surface area contributed by atoms with Gasteiger partial charge in [0.25, 0.3) is 0 Å². The molecule has 0 radical (unpaired) electrons. The monoisotopic (exact) mass is 309 g/mol. The van der Waals surface area contributed by atoms with E-state index < -0.39 is 33.8 Å². The fourth-order valence-corrected chi connectivity index (χ4v) is 4.60. The molecule has 0 aliphatic carbocycles. The van der Waals surface area contributed by atoms with Crippen LogP contribution in [-0.2, 0) is 24.3 Å². The maximum atomic E-state index is 12.7. The lowest BCUT2D eigenvalue weighted by molar-refractivity contribution is -0.153. The number of carbonyl (C=O) groups is 2. The highest BCUT2D eigenvalue weighted by Gasteiger charge is 2.49. The van der Waals surface area contributed by atoms with Crippen LogP contribution in [0.2, 0.25) is 0 Å². The fourth-order valence-electron chi connectivity index (χ4n) is 2.90. The zero-order valence-corrected chi connectivity index (χ0v) is 12.3. The summed E-state index contributed by atoms with van der Waals surface area (Å²) in [5.74, 6) is -2.32. The first-order valence-electron chi connectivity index (χ1n) is 6.72. The maximum absolute atomic E-state index is 12.7. The third-order valence-electron chi connectivity index (χ3n) is 4.09. The summed E-state index contributed by atoms with van der Waals surface area (Å²) in [6.45, 7) is 1.96. The van der Waals surface area contributed by atoms with E-state index in [-0.39, 0.29) is 18.0 Å². The van der Waals surface area contributed by atoms with Gasteiger partial charge in [0.15, 0.2) is 0 Å². The Kier molecular flexibility index (Phi) is 3.33. The Morgan fingerprint density at radius 2 is 1.81 bits per heavy atom. The summed E-state index contributed by atoms with van der Waals surface area (Å²) in [5.41, 5.74) is 0.657. The molecule has 2 atom stereocenters. The molecule has 2 fully saturated rings. The molecule has 6 nitrogen and oxygen atoms in total. The lowest BCUT2D eigenvalue weighted by Crippen LogP contribution is -2.44. The molecule has 2 saturated heterocycles. The number of rotatable bonds is 2. The van der Waals surface area contributed by atoms with Crippen molar-refractivity contribution >= 4 is 22.0 Å². The minimum absolute atomic E-state index is 0.00586. The zero-order valence-electron chi connectivity index (χ0n) is 11.5. The second-order valence-electron chi connectivity index (χ2n) is 5.37. The zero-order chi connectivity index (χ0) is 15.2. The first kappa shape index (κ1) is 14.2. The fraction of sp³-hybridized carbons (Fsp3) is 0.429. The number of carbonyl (C=O) groups excluding carboxylic acids is 2. The van der Waals surface area contributed by atoms with Gasteiger partial charge in [-0.25, -0.2) is 8.42 Å². The van der Waals surface area contributed by atoms with Crippen LogP contribution in [0.15, 0.2) is 29.2 Å². The molecule has 2 aliphatic rings. The molecule has 0 saturated carbocycles. The number of hydrogen-bond acceptors (Lipinski definition) is 5. The normalized spacial score (nSPS) is 26.5. The van der Waals surface area contributed by atoms with Gasteiger partial charge in [-0.2, -0.15) is 4.31 Å². The highest BCUT2D eigenvalue weighted by atomic mass is 32.2. The van der Waals surface area contributed by atoms with Crippen LogP contribution >= 0.6 is 0 Å². The first-order valence-corrected chi connectivity index (χ1v) is 8.16. The Bertz CT molecular complexity index is 712. The molecule has 0 spiro atoms. The van der Waals surface area contributed by atoms with Crippen LogP contribution in [0.3, 0.4) is 0 Å². The lowest BCUT2D eigenvalue weighted by Gasteiger charge is -2.31. The number of hydrogen-bond donors (Lipinski definition) is 0. The van der Waals surface area contributed by atoms with Crippen LogP contribution in [0.25, 0.3) is 0 Å². The summed E-state index contributed by atoms with van der Waals surface area (Å²) in [5, 5.41) is 0. The maximum Gasteiger partial charge on any atom is 0.318 e. The molecule has 2 unspecified atom stereocenters. The molecule has 7 heteroatoms. The van der Waals surface area contributed by atoms with E-state index >= 15 is 0 Å². The Morgan fingerprint density at radius 3 is 2.52 bits per heavy atom. The smallest absolute Gasteiger partial charge is 0.318 e. The van der Waals surface area contributed by atoms with E-state index in [0.29, 0.717) is 12.0 Å². The number of cyclic esters (lactones) is 2. The van der Waals surface area contributed by atoms with Crippen molar-refractivity contribution < 1.29 is 22.7 Å². The molecule has 112 valence electrons. The number of esters is 2. The predicted molar refractivity (Wildman–Crippen MR) is 72.6 cm³/mol. The molecule has 1 aromatic rings. The van der Waals surface area contributed by atoms with Crippen molar-refractivity contribution in [2.75, 3.05) is 13.1 Å². The molecule has 0 amide bonds. The largest absolute Gasteiger partial charge is 0.393 e. The third kappa shape index (κ3) is 2.26. The van der Waals surface area contributed by atoms with Gasteiger partial charge in [0, 0.05) is 13.1 Å². The van der Waals surface area contributed by atoms with E-state index in [4.69, 9.17) is 0 Å². The summed E-state index contributed by atoms with van der Waals surface area (Å²) in [4.78, 5) is 23.4. The van der Waals surface area contributed by atoms with Crippen molar-refractivity contribution in [2.45, 2.75) is 18.2 Å². The molecule has 3 rings (SSSR count). The van der Waals surface area contributed by atoms with Crippen molar-refractivity contribution in [2.24, 2.45) is 11.8 Å². The van der Waals surface area contributed by atoms with E-state index in [1.54, 1.807) is 31.2 Å². The van der Waals surface area contributed by atoms with Crippen LogP contribution in [0, 0.1) is 18.8 Å². The van der Waals surface area contributed by atoms with Gasteiger partial charge in [-0.1, -0.05) is 18.2 Å². The van der Waals surface area contributed by atoms with Gasteiger partial charge in [0.1, 0.15) is 0 Å². The summed E-state index contributed by atoms with van der Waals surface area (Å²) >= 11 is 0. The summed E-state index contributed by atoms with van der Waals surface area (Å²) in [6.07, 6.45) is 0.320. The number of sulfonamides is 1. The van der Waals surface area contributed by atoms with Crippen LogP contribution in [0.4, 0.5) is 0 Å². The molecule has 2 aliphatic heterocycles. The number of aryl methyl sites for hydroxylation is 1. The molecule has 0 N–H and O–H groups in total. The van der Waals surface area contributed by atoms with Crippen LogP contribution in [0.1, 0.15) is 12.0 Å². The summed E-state index contributed by atoms with van der Waals surface area (Å²) in [7, 11) is -3.66. The topological polar surface area (TPSA) is 80.8 Å². The van der Waals surface area contributed by atoms with Crippen molar-refractivity contribution in [3.8, 4) is 0 Å². The second kappa shape index (κ2) is 4.92. The van der Waals surface area contributed by atoms with E-state index in [2.05, 4.69) is 4.74 Å². The van der Waals surface area contributed by atoms with Crippen LogP contribution < -0.4 is 0 Å². The van der Waals surface area contributed by atoms with E-state index in [1.807, 2.05) is 0 Å². The number of ether oxygens (including phenoxy) is 1. The molecule has 0 aromatic heterocycles.